The predicted octanol–water partition coefficient (Wildman–Crippen LogP) is 2.99. The SMILES string of the molecule is CC#CCCOc1cc(CNCCC)ccc1OC. The lowest BCUT2D eigenvalue weighted by atomic mass is 10.2. The van der Waals surface area contributed by atoms with E-state index in [0.717, 1.165) is 37.4 Å². The Hall–Kier alpha value is -1.66. The van der Waals surface area contributed by atoms with Crippen LogP contribution in [0.2, 0.25) is 0 Å². The summed E-state index contributed by atoms with van der Waals surface area (Å²) in [6.07, 6.45) is 1.87. The van der Waals surface area contributed by atoms with E-state index >= 15 is 0 Å². The fraction of sp³-hybridized carbons (Fsp3) is 0.500. The van der Waals surface area contributed by atoms with E-state index in [1.54, 1.807) is 7.11 Å². The molecule has 104 valence electrons. The zero-order valence-corrected chi connectivity index (χ0v) is 12.1. The summed E-state index contributed by atoms with van der Waals surface area (Å²) in [7, 11) is 1.66. The first-order valence-corrected chi connectivity index (χ1v) is 6.71. The summed E-state index contributed by atoms with van der Waals surface area (Å²) in [6, 6.07) is 6.03. The van der Waals surface area contributed by atoms with Gasteiger partial charge in [0.15, 0.2) is 11.5 Å². The normalized spacial score (nSPS) is 9.63. The minimum atomic E-state index is 0.586. The Morgan fingerprint density at radius 3 is 2.79 bits per heavy atom. The maximum atomic E-state index is 5.72. The molecule has 0 aliphatic rings. The lowest BCUT2D eigenvalue weighted by Gasteiger charge is -2.12. The van der Waals surface area contributed by atoms with Crippen molar-refractivity contribution in [3.05, 3.63) is 23.8 Å². The second-order valence-corrected chi connectivity index (χ2v) is 4.19. The molecule has 0 bridgehead atoms. The van der Waals surface area contributed by atoms with Gasteiger partial charge in [0, 0.05) is 13.0 Å². The van der Waals surface area contributed by atoms with Crippen molar-refractivity contribution in [2.45, 2.75) is 33.2 Å². The molecule has 0 aliphatic heterocycles. The Morgan fingerprint density at radius 2 is 2.11 bits per heavy atom. The van der Waals surface area contributed by atoms with E-state index in [0.29, 0.717) is 6.61 Å². The van der Waals surface area contributed by atoms with Gasteiger partial charge in [0.25, 0.3) is 0 Å². The van der Waals surface area contributed by atoms with Gasteiger partial charge in [-0.1, -0.05) is 13.0 Å². The zero-order valence-electron chi connectivity index (χ0n) is 12.1. The Morgan fingerprint density at radius 1 is 1.26 bits per heavy atom. The lowest BCUT2D eigenvalue weighted by molar-refractivity contribution is 0.301. The van der Waals surface area contributed by atoms with Crippen molar-refractivity contribution < 1.29 is 9.47 Å². The van der Waals surface area contributed by atoms with Gasteiger partial charge in [-0.2, -0.15) is 0 Å². The molecule has 0 fully saturated rings. The van der Waals surface area contributed by atoms with E-state index in [1.165, 1.54) is 5.56 Å². The van der Waals surface area contributed by atoms with E-state index in [1.807, 2.05) is 19.1 Å². The van der Waals surface area contributed by atoms with Crippen LogP contribution in [-0.4, -0.2) is 20.3 Å². The topological polar surface area (TPSA) is 30.5 Å². The summed E-state index contributed by atoms with van der Waals surface area (Å²) < 4.78 is 11.0. The molecule has 0 amide bonds. The van der Waals surface area contributed by atoms with Crippen molar-refractivity contribution in [3.8, 4) is 23.3 Å². The standard InChI is InChI=1S/C16H23NO2/c1-4-6-7-11-19-16-12-14(13-17-10-5-2)8-9-15(16)18-3/h8-9,12,17H,5,7,10-11,13H2,1-3H3. The highest BCUT2D eigenvalue weighted by atomic mass is 16.5. The maximum absolute atomic E-state index is 5.72. The summed E-state index contributed by atoms with van der Waals surface area (Å²) in [6.45, 7) is 6.45. The van der Waals surface area contributed by atoms with E-state index < -0.39 is 0 Å². The van der Waals surface area contributed by atoms with Gasteiger partial charge in [-0.15, -0.1) is 11.8 Å². The molecule has 0 spiro atoms. The number of ether oxygens (including phenoxy) is 2. The van der Waals surface area contributed by atoms with Crippen molar-refractivity contribution in [2.75, 3.05) is 20.3 Å². The molecule has 1 aromatic rings. The molecule has 0 atom stereocenters. The monoisotopic (exact) mass is 261 g/mol. The molecule has 3 heteroatoms. The number of hydrogen-bond donors (Lipinski definition) is 1. The van der Waals surface area contributed by atoms with Crippen molar-refractivity contribution in [1.29, 1.82) is 0 Å². The summed E-state index contributed by atoms with van der Waals surface area (Å²) in [4.78, 5) is 0. The van der Waals surface area contributed by atoms with Crippen LogP contribution in [0, 0.1) is 11.8 Å². The highest BCUT2D eigenvalue weighted by molar-refractivity contribution is 5.43. The Balaban J connectivity index is 2.62. The van der Waals surface area contributed by atoms with Gasteiger partial charge < -0.3 is 14.8 Å². The van der Waals surface area contributed by atoms with Gasteiger partial charge in [0.05, 0.1) is 13.7 Å². The highest BCUT2D eigenvalue weighted by Crippen LogP contribution is 2.28. The summed E-state index contributed by atoms with van der Waals surface area (Å²) in [5.74, 6) is 7.40. The van der Waals surface area contributed by atoms with Crippen LogP contribution >= 0.6 is 0 Å². The third-order valence-electron chi connectivity index (χ3n) is 2.65. The molecule has 19 heavy (non-hydrogen) atoms. The predicted molar refractivity (Wildman–Crippen MR) is 78.6 cm³/mol. The Kier molecular flexibility index (Phi) is 7.53. The number of methoxy groups -OCH3 is 1. The van der Waals surface area contributed by atoms with E-state index in [-0.39, 0.29) is 0 Å². The minimum Gasteiger partial charge on any atom is -0.493 e. The molecular weight excluding hydrogens is 238 g/mol. The van der Waals surface area contributed by atoms with E-state index in [2.05, 4.69) is 30.1 Å². The molecule has 1 N–H and O–H groups in total. The van der Waals surface area contributed by atoms with Crippen LogP contribution in [0.4, 0.5) is 0 Å². The molecule has 0 aromatic heterocycles. The molecular formula is C16H23NO2. The second kappa shape index (κ2) is 9.29. The summed E-state index contributed by atoms with van der Waals surface area (Å²) in [5, 5.41) is 3.37. The number of rotatable bonds is 8. The molecule has 0 heterocycles. The summed E-state index contributed by atoms with van der Waals surface area (Å²) in [5.41, 5.74) is 1.20. The van der Waals surface area contributed by atoms with Crippen molar-refractivity contribution in [3.63, 3.8) is 0 Å². The number of benzene rings is 1. The average molecular weight is 261 g/mol. The molecule has 0 saturated heterocycles. The van der Waals surface area contributed by atoms with Crippen LogP contribution in [0.1, 0.15) is 32.3 Å². The molecule has 3 nitrogen and oxygen atoms in total. The van der Waals surface area contributed by atoms with Gasteiger partial charge in [-0.05, 0) is 37.6 Å². The molecule has 0 saturated carbocycles. The minimum absolute atomic E-state index is 0.586. The van der Waals surface area contributed by atoms with Crippen LogP contribution < -0.4 is 14.8 Å². The largest absolute Gasteiger partial charge is 0.493 e. The fourth-order valence-electron chi connectivity index (χ4n) is 1.69. The van der Waals surface area contributed by atoms with Gasteiger partial charge >= 0.3 is 0 Å². The molecule has 0 unspecified atom stereocenters. The second-order valence-electron chi connectivity index (χ2n) is 4.19. The van der Waals surface area contributed by atoms with Gasteiger partial charge in [0.1, 0.15) is 0 Å². The fourth-order valence-corrected chi connectivity index (χ4v) is 1.69. The van der Waals surface area contributed by atoms with Gasteiger partial charge in [-0.3, -0.25) is 0 Å². The summed E-state index contributed by atoms with van der Waals surface area (Å²) >= 11 is 0. The number of hydrogen-bond acceptors (Lipinski definition) is 3. The average Bonchev–Trinajstić information content (AvgIpc) is 2.44. The van der Waals surface area contributed by atoms with Gasteiger partial charge in [-0.25, -0.2) is 0 Å². The first kappa shape index (κ1) is 15.4. The van der Waals surface area contributed by atoms with Crippen molar-refractivity contribution >= 4 is 0 Å². The first-order chi connectivity index (χ1) is 9.31. The Labute approximate surface area is 116 Å². The molecule has 0 aliphatic carbocycles. The molecule has 1 aromatic carbocycles. The third-order valence-corrected chi connectivity index (χ3v) is 2.65. The highest BCUT2D eigenvalue weighted by Gasteiger charge is 2.05. The first-order valence-electron chi connectivity index (χ1n) is 6.71. The van der Waals surface area contributed by atoms with E-state index in [4.69, 9.17) is 9.47 Å². The van der Waals surface area contributed by atoms with Crippen LogP contribution in [0.5, 0.6) is 11.5 Å². The third kappa shape index (κ3) is 5.67. The van der Waals surface area contributed by atoms with Gasteiger partial charge in [0.2, 0.25) is 0 Å². The quantitative estimate of drug-likeness (QED) is 0.576. The number of nitrogens with one attached hydrogen (secondary N) is 1. The van der Waals surface area contributed by atoms with Crippen LogP contribution in [0.15, 0.2) is 18.2 Å². The van der Waals surface area contributed by atoms with Crippen molar-refractivity contribution in [1.82, 2.24) is 5.32 Å². The smallest absolute Gasteiger partial charge is 0.161 e. The van der Waals surface area contributed by atoms with Crippen LogP contribution in [0.3, 0.4) is 0 Å². The lowest BCUT2D eigenvalue weighted by Crippen LogP contribution is -2.13. The van der Waals surface area contributed by atoms with Crippen LogP contribution in [0.25, 0.3) is 0 Å². The van der Waals surface area contributed by atoms with Crippen LogP contribution in [-0.2, 0) is 6.54 Å². The molecule has 0 radical (unpaired) electrons. The zero-order chi connectivity index (χ0) is 13.9. The maximum Gasteiger partial charge on any atom is 0.161 e. The van der Waals surface area contributed by atoms with E-state index in [9.17, 15) is 0 Å². The Bertz CT molecular complexity index is 432. The molecule has 1 rings (SSSR count). The van der Waals surface area contributed by atoms with Crippen molar-refractivity contribution in [2.24, 2.45) is 0 Å².